The standard InChI is InChI=1S/C20H25N3O2/c24-20-5-2-8-23(20)10-15-13-25-19-12-22(11-17(15)19)9-14-3-1-4-18-16(14)6-7-21-18/h1,3-4,6-7,15,17,19,21H,2,5,8-13H2/t15-,17+,19+/m0/s1. The lowest BCUT2D eigenvalue weighted by atomic mass is 9.93. The summed E-state index contributed by atoms with van der Waals surface area (Å²) in [5, 5.41) is 1.32. The van der Waals surface area contributed by atoms with Crippen LogP contribution in [0.3, 0.4) is 0 Å². The first-order valence-electron chi connectivity index (χ1n) is 9.44. The van der Waals surface area contributed by atoms with E-state index in [4.69, 9.17) is 4.74 Å². The fourth-order valence-corrected chi connectivity index (χ4v) is 4.91. The van der Waals surface area contributed by atoms with Crippen LogP contribution in [0.4, 0.5) is 0 Å². The Morgan fingerprint density at radius 3 is 3.08 bits per heavy atom. The third-order valence-corrected chi connectivity index (χ3v) is 6.22. The monoisotopic (exact) mass is 339 g/mol. The third kappa shape index (κ3) is 2.75. The molecule has 0 saturated carbocycles. The van der Waals surface area contributed by atoms with Crippen molar-refractivity contribution < 1.29 is 9.53 Å². The van der Waals surface area contributed by atoms with E-state index in [2.05, 4.69) is 39.0 Å². The van der Waals surface area contributed by atoms with Gasteiger partial charge in [0.2, 0.25) is 5.91 Å². The number of carbonyl (C=O) groups excluding carboxylic acids is 1. The van der Waals surface area contributed by atoms with Gasteiger partial charge in [-0.3, -0.25) is 9.69 Å². The van der Waals surface area contributed by atoms with Gasteiger partial charge in [-0.2, -0.15) is 0 Å². The van der Waals surface area contributed by atoms with Crippen LogP contribution < -0.4 is 0 Å². The second-order valence-corrected chi connectivity index (χ2v) is 7.79. The smallest absolute Gasteiger partial charge is 0.222 e. The first kappa shape index (κ1) is 15.4. The van der Waals surface area contributed by atoms with Gasteiger partial charge in [-0.15, -0.1) is 0 Å². The van der Waals surface area contributed by atoms with Crippen LogP contribution in [0.5, 0.6) is 0 Å². The van der Waals surface area contributed by atoms with Crippen LogP contribution in [0.15, 0.2) is 30.5 Å². The number of nitrogens with one attached hydrogen (secondary N) is 1. The molecule has 25 heavy (non-hydrogen) atoms. The van der Waals surface area contributed by atoms with Crippen molar-refractivity contribution in [3.63, 3.8) is 0 Å². The fraction of sp³-hybridized carbons (Fsp3) is 0.550. The Labute approximate surface area is 147 Å². The topological polar surface area (TPSA) is 48.6 Å². The number of rotatable bonds is 4. The highest BCUT2D eigenvalue weighted by Gasteiger charge is 2.44. The highest BCUT2D eigenvalue weighted by atomic mass is 16.5. The van der Waals surface area contributed by atoms with E-state index in [-0.39, 0.29) is 0 Å². The molecule has 3 saturated heterocycles. The van der Waals surface area contributed by atoms with Gasteiger partial charge < -0.3 is 14.6 Å². The molecule has 0 aliphatic carbocycles. The average molecular weight is 339 g/mol. The number of ether oxygens (including phenoxy) is 1. The van der Waals surface area contributed by atoms with E-state index in [9.17, 15) is 4.79 Å². The molecule has 3 aliphatic rings. The van der Waals surface area contributed by atoms with Crippen LogP contribution in [-0.2, 0) is 16.1 Å². The molecule has 3 aliphatic heterocycles. The summed E-state index contributed by atoms with van der Waals surface area (Å²) < 4.78 is 6.09. The Morgan fingerprint density at radius 1 is 1.24 bits per heavy atom. The quantitative estimate of drug-likeness (QED) is 0.929. The second-order valence-electron chi connectivity index (χ2n) is 7.79. The summed E-state index contributed by atoms with van der Waals surface area (Å²) in [6.07, 6.45) is 4.11. The molecule has 5 nitrogen and oxygen atoms in total. The molecule has 0 bridgehead atoms. The van der Waals surface area contributed by atoms with E-state index >= 15 is 0 Å². The Balaban J connectivity index is 1.26. The molecule has 132 valence electrons. The first-order chi connectivity index (χ1) is 12.3. The molecule has 1 N–H and O–H groups in total. The van der Waals surface area contributed by atoms with E-state index in [0.29, 0.717) is 23.8 Å². The number of benzene rings is 1. The summed E-state index contributed by atoms with van der Waals surface area (Å²) >= 11 is 0. The largest absolute Gasteiger partial charge is 0.376 e. The lowest BCUT2D eigenvalue weighted by Crippen LogP contribution is -2.35. The van der Waals surface area contributed by atoms with Gasteiger partial charge in [0, 0.05) is 68.1 Å². The lowest BCUT2D eigenvalue weighted by Gasteiger charge is -2.24. The predicted molar refractivity (Wildman–Crippen MR) is 96.1 cm³/mol. The van der Waals surface area contributed by atoms with Gasteiger partial charge in [-0.25, -0.2) is 0 Å². The maximum Gasteiger partial charge on any atom is 0.222 e. The summed E-state index contributed by atoms with van der Waals surface area (Å²) in [6, 6.07) is 8.65. The van der Waals surface area contributed by atoms with Crippen molar-refractivity contribution in [2.24, 2.45) is 11.8 Å². The molecule has 1 aromatic carbocycles. The van der Waals surface area contributed by atoms with Gasteiger partial charge in [0.15, 0.2) is 0 Å². The minimum absolute atomic E-state index is 0.331. The Kier molecular flexibility index (Phi) is 3.79. The third-order valence-electron chi connectivity index (χ3n) is 6.22. The zero-order valence-corrected chi connectivity index (χ0v) is 14.5. The highest BCUT2D eigenvalue weighted by Crippen LogP contribution is 2.35. The summed E-state index contributed by atoms with van der Waals surface area (Å²) in [4.78, 5) is 19.8. The van der Waals surface area contributed by atoms with Crippen LogP contribution in [0.2, 0.25) is 0 Å². The van der Waals surface area contributed by atoms with Crippen LogP contribution in [0.25, 0.3) is 10.9 Å². The number of hydrogen-bond acceptors (Lipinski definition) is 3. The van der Waals surface area contributed by atoms with Gasteiger partial charge in [0.05, 0.1) is 12.7 Å². The Hall–Kier alpha value is -1.85. The molecule has 3 fully saturated rings. The second kappa shape index (κ2) is 6.15. The van der Waals surface area contributed by atoms with Crippen molar-refractivity contribution >= 4 is 16.8 Å². The van der Waals surface area contributed by atoms with Crippen LogP contribution in [0, 0.1) is 11.8 Å². The van der Waals surface area contributed by atoms with Crippen molar-refractivity contribution in [2.75, 3.05) is 32.8 Å². The van der Waals surface area contributed by atoms with Crippen LogP contribution in [0.1, 0.15) is 18.4 Å². The van der Waals surface area contributed by atoms with Gasteiger partial charge >= 0.3 is 0 Å². The molecule has 3 atom stereocenters. The molecular weight excluding hydrogens is 314 g/mol. The number of aromatic amines is 1. The molecule has 0 radical (unpaired) electrons. The van der Waals surface area contributed by atoms with Crippen molar-refractivity contribution in [1.82, 2.24) is 14.8 Å². The predicted octanol–water partition coefficient (Wildman–Crippen LogP) is 2.24. The maximum atomic E-state index is 11.9. The van der Waals surface area contributed by atoms with Crippen LogP contribution >= 0.6 is 0 Å². The molecule has 0 spiro atoms. The molecular formula is C20H25N3O2. The number of likely N-dealkylation sites (tertiary alicyclic amines) is 2. The number of H-pyrrole nitrogens is 1. The normalized spacial score (nSPS) is 29.8. The molecule has 1 aromatic heterocycles. The maximum absolute atomic E-state index is 11.9. The number of hydrogen-bond donors (Lipinski definition) is 1. The molecule has 5 heteroatoms. The minimum atomic E-state index is 0.331. The number of aromatic nitrogens is 1. The summed E-state index contributed by atoms with van der Waals surface area (Å²) in [6.45, 7) is 5.71. The van der Waals surface area contributed by atoms with Crippen LogP contribution in [-0.4, -0.2) is 59.6 Å². The zero-order chi connectivity index (χ0) is 16.8. The molecule has 4 heterocycles. The fourth-order valence-electron chi connectivity index (χ4n) is 4.91. The van der Waals surface area contributed by atoms with E-state index in [1.165, 1.54) is 16.5 Å². The van der Waals surface area contributed by atoms with Crippen molar-refractivity contribution in [3.8, 4) is 0 Å². The van der Waals surface area contributed by atoms with Crippen molar-refractivity contribution in [3.05, 3.63) is 36.0 Å². The zero-order valence-electron chi connectivity index (χ0n) is 14.5. The number of nitrogens with zero attached hydrogens (tertiary/aromatic N) is 2. The Bertz CT molecular complexity index is 786. The van der Waals surface area contributed by atoms with E-state index in [1.807, 2.05) is 6.20 Å². The first-order valence-corrected chi connectivity index (χ1v) is 9.44. The van der Waals surface area contributed by atoms with Crippen molar-refractivity contribution in [1.29, 1.82) is 0 Å². The van der Waals surface area contributed by atoms with Gasteiger partial charge in [-0.1, -0.05) is 12.1 Å². The van der Waals surface area contributed by atoms with Crippen molar-refractivity contribution in [2.45, 2.75) is 25.5 Å². The minimum Gasteiger partial charge on any atom is -0.376 e. The van der Waals surface area contributed by atoms with E-state index in [1.54, 1.807) is 0 Å². The number of amides is 1. The SMILES string of the molecule is O=C1CCCN1C[C@H]1CO[C@@H]2CN(Cc3cccc4[nH]ccc34)C[C@H]12. The average Bonchev–Trinajstić information content (AvgIpc) is 3.35. The number of carbonyl (C=O) groups is 1. The van der Waals surface area contributed by atoms with Gasteiger partial charge in [0.25, 0.3) is 0 Å². The molecule has 0 unspecified atom stereocenters. The highest BCUT2D eigenvalue weighted by molar-refractivity contribution is 5.82. The molecule has 2 aromatic rings. The van der Waals surface area contributed by atoms with Gasteiger partial charge in [0.1, 0.15) is 0 Å². The van der Waals surface area contributed by atoms with Gasteiger partial charge in [-0.05, 0) is 24.1 Å². The number of fused-ring (bicyclic) bond motifs is 2. The van der Waals surface area contributed by atoms with E-state index < -0.39 is 0 Å². The summed E-state index contributed by atoms with van der Waals surface area (Å²) in [5.41, 5.74) is 2.59. The molecule has 5 rings (SSSR count). The van der Waals surface area contributed by atoms with E-state index in [0.717, 1.165) is 52.2 Å². The Morgan fingerprint density at radius 2 is 2.20 bits per heavy atom. The molecule has 1 amide bonds. The summed E-state index contributed by atoms with van der Waals surface area (Å²) in [5.74, 6) is 1.40. The summed E-state index contributed by atoms with van der Waals surface area (Å²) in [7, 11) is 0. The lowest BCUT2D eigenvalue weighted by molar-refractivity contribution is -0.128.